The van der Waals surface area contributed by atoms with Gasteiger partial charge in [-0.25, -0.2) is 0 Å². The molecule has 4 heteroatoms. The van der Waals surface area contributed by atoms with Crippen LogP contribution in [0.3, 0.4) is 0 Å². The third kappa shape index (κ3) is 2.80. The second-order valence-corrected chi connectivity index (χ2v) is 5.64. The summed E-state index contributed by atoms with van der Waals surface area (Å²) in [7, 11) is 1.48. The van der Waals surface area contributed by atoms with Crippen LogP contribution in [0.25, 0.3) is 0 Å². The van der Waals surface area contributed by atoms with Crippen molar-refractivity contribution in [1.29, 1.82) is 0 Å². The molecule has 0 aliphatic heterocycles. The lowest BCUT2D eigenvalue weighted by Crippen LogP contribution is -2.54. The van der Waals surface area contributed by atoms with Crippen LogP contribution >= 0.6 is 0 Å². The van der Waals surface area contributed by atoms with E-state index in [1.165, 1.54) is 7.11 Å². The standard InChI is InChI=1S/C13H24O4/c1-10-5-4-7-13(16,8-6-10)12(2,9-17-3)11(14)15/h10,16H,4-9H2,1-3H3,(H,14,15). The Balaban J connectivity index is 2.94. The molecule has 1 saturated carbocycles. The maximum absolute atomic E-state index is 11.5. The molecule has 100 valence electrons. The molecule has 4 nitrogen and oxygen atoms in total. The minimum Gasteiger partial charge on any atom is -0.481 e. The molecule has 0 spiro atoms. The van der Waals surface area contributed by atoms with Gasteiger partial charge in [0.25, 0.3) is 0 Å². The van der Waals surface area contributed by atoms with Gasteiger partial charge >= 0.3 is 5.97 Å². The number of carboxylic acids is 1. The molecule has 2 N–H and O–H groups in total. The number of hydrogen-bond acceptors (Lipinski definition) is 3. The average molecular weight is 244 g/mol. The van der Waals surface area contributed by atoms with Gasteiger partial charge in [0, 0.05) is 7.11 Å². The van der Waals surface area contributed by atoms with Gasteiger partial charge in [0.1, 0.15) is 5.41 Å². The fourth-order valence-corrected chi connectivity index (χ4v) is 2.73. The van der Waals surface area contributed by atoms with Crippen molar-refractivity contribution in [3.05, 3.63) is 0 Å². The van der Waals surface area contributed by atoms with Crippen molar-refractivity contribution in [1.82, 2.24) is 0 Å². The summed E-state index contributed by atoms with van der Waals surface area (Å²) >= 11 is 0. The smallest absolute Gasteiger partial charge is 0.314 e. The predicted octanol–water partition coefficient (Wildman–Crippen LogP) is 2.05. The highest BCUT2D eigenvalue weighted by Crippen LogP contribution is 2.43. The molecule has 17 heavy (non-hydrogen) atoms. The highest BCUT2D eigenvalue weighted by atomic mass is 16.5. The van der Waals surface area contributed by atoms with Gasteiger partial charge in [0.2, 0.25) is 0 Å². The highest BCUT2D eigenvalue weighted by Gasteiger charge is 2.52. The Morgan fingerprint density at radius 3 is 2.65 bits per heavy atom. The first-order chi connectivity index (χ1) is 7.85. The molecule has 0 heterocycles. The lowest BCUT2D eigenvalue weighted by Gasteiger charge is -2.41. The van der Waals surface area contributed by atoms with Gasteiger partial charge in [-0.05, 0) is 32.1 Å². The number of carbonyl (C=O) groups is 1. The Morgan fingerprint density at radius 2 is 2.12 bits per heavy atom. The van der Waals surface area contributed by atoms with E-state index in [0.29, 0.717) is 18.8 Å². The monoisotopic (exact) mass is 244 g/mol. The summed E-state index contributed by atoms with van der Waals surface area (Å²) in [6.07, 6.45) is 3.90. The van der Waals surface area contributed by atoms with Gasteiger partial charge in [-0.15, -0.1) is 0 Å². The quantitative estimate of drug-likeness (QED) is 0.743. The van der Waals surface area contributed by atoms with E-state index in [4.69, 9.17) is 4.74 Å². The largest absolute Gasteiger partial charge is 0.481 e. The van der Waals surface area contributed by atoms with E-state index in [-0.39, 0.29) is 6.61 Å². The zero-order valence-electron chi connectivity index (χ0n) is 11.0. The molecular weight excluding hydrogens is 220 g/mol. The molecule has 3 unspecified atom stereocenters. The van der Waals surface area contributed by atoms with Crippen LogP contribution in [0, 0.1) is 11.3 Å². The van der Waals surface area contributed by atoms with Crippen molar-refractivity contribution in [3.63, 3.8) is 0 Å². The fraction of sp³-hybridized carbons (Fsp3) is 0.923. The maximum Gasteiger partial charge on any atom is 0.314 e. The van der Waals surface area contributed by atoms with Crippen molar-refractivity contribution in [2.75, 3.05) is 13.7 Å². The molecule has 0 radical (unpaired) electrons. The first-order valence-electron chi connectivity index (χ1n) is 6.30. The lowest BCUT2D eigenvalue weighted by molar-refractivity contribution is -0.177. The second-order valence-electron chi connectivity index (χ2n) is 5.64. The molecule has 3 atom stereocenters. The van der Waals surface area contributed by atoms with E-state index in [2.05, 4.69) is 6.92 Å². The van der Waals surface area contributed by atoms with Crippen LogP contribution in [0.15, 0.2) is 0 Å². The second kappa shape index (κ2) is 5.36. The summed E-state index contributed by atoms with van der Waals surface area (Å²) in [5, 5.41) is 20.1. The number of carboxylic acid groups (broad SMARTS) is 1. The SMILES string of the molecule is COCC(C)(C(=O)O)C1(O)CCCC(C)CC1. The van der Waals surface area contributed by atoms with E-state index >= 15 is 0 Å². The van der Waals surface area contributed by atoms with Crippen LogP contribution in [0.2, 0.25) is 0 Å². The first-order valence-corrected chi connectivity index (χ1v) is 6.30. The van der Waals surface area contributed by atoms with Gasteiger partial charge in [0.05, 0.1) is 12.2 Å². The lowest BCUT2D eigenvalue weighted by atomic mass is 9.69. The zero-order valence-corrected chi connectivity index (χ0v) is 11.0. The van der Waals surface area contributed by atoms with E-state index < -0.39 is 17.0 Å². The third-order valence-electron chi connectivity index (χ3n) is 4.27. The topological polar surface area (TPSA) is 66.8 Å². The first kappa shape index (κ1) is 14.5. The number of rotatable bonds is 4. The number of aliphatic hydroxyl groups is 1. The minimum atomic E-state index is -1.22. The highest BCUT2D eigenvalue weighted by molar-refractivity contribution is 5.76. The van der Waals surface area contributed by atoms with E-state index in [1.54, 1.807) is 6.92 Å². The number of ether oxygens (including phenoxy) is 1. The van der Waals surface area contributed by atoms with Crippen LogP contribution < -0.4 is 0 Å². The summed E-state index contributed by atoms with van der Waals surface area (Å²) in [6.45, 7) is 3.79. The third-order valence-corrected chi connectivity index (χ3v) is 4.27. The molecule has 0 amide bonds. The van der Waals surface area contributed by atoms with E-state index in [0.717, 1.165) is 19.3 Å². The molecule has 1 fully saturated rings. The van der Waals surface area contributed by atoms with E-state index in [9.17, 15) is 15.0 Å². The Labute approximate surface area is 103 Å². The van der Waals surface area contributed by atoms with Crippen LogP contribution in [0.1, 0.15) is 46.0 Å². The summed E-state index contributed by atoms with van der Waals surface area (Å²) in [5.41, 5.74) is -2.37. The van der Waals surface area contributed by atoms with Gasteiger partial charge in [-0.1, -0.05) is 19.8 Å². The maximum atomic E-state index is 11.5. The van der Waals surface area contributed by atoms with Crippen molar-refractivity contribution < 1.29 is 19.7 Å². The molecule has 0 aromatic heterocycles. The molecule has 1 rings (SSSR count). The normalized spacial score (nSPS) is 33.8. The van der Waals surface area contributed by atoms with Gasteiger partial charge in [-0.2, -0.15) is 0 Å². The molecule has 1 aliphatic rings. The van der Waals surface area contributed by atoms with Crippen LogP contribution in [-0.4, -0.2) is 35.5 Å². The van der Waals surface area contributed by atoms with Gasteiger partial charge in [-0.3, -0.25) is 4.79 Å². The molecular formula is C13H24O4. The summed E-state index contributed by atoms with van der Waals surface area (Å²) < 4.78 is 5.01. The number of aliphatic carboxylic acids is 1. The Bertz CT molecular complexity index is 279. The average Bonchev–Trinajstić information content (AvgIpc) is 2.42. The van der Waals surface area contributed by atoms with Crippen LogP contribution in [0.4, 0.5) is 0 Å². The van der Waals surface area contributed by atoms with Crippen molar-refractivity contribution >= 4 is 5.97 Å². The van der Waals surface area contributed by atoms with Crippen molar-refractivity contribution in [2.24, 2.45) is 11.3 Å². The van der Waals surface area contributed by atoms with E-state index in [1.807, 2.05) is 0 Å². The Hall–Kier alpha value is -0.610. The van der Waals surface area contributed by atoms with Crippen molar-refractivity contribution in [3.8, 4) is 0 Å². The molecule has 0 bridgehead atoms. The Morgan fingerprint density at radius 1 is 1.47 bits per heavy atom. The summed E-state index contributed by atoms with van der Waals surface area (Å²) in [6, 6.07) is 0. The van der Waals surface area contributed by atoms with Crippen LogP contribution in [-0.2, 0) is 9.53 Å². The molecule has 1 aliphatic carbocycles. The molecule has 0 aromatic carbocycles. The Kier molecular flexibility index (Phi) is 4.55. The fourth-order valence-electron chi connectivity index (χ4n) is 2.73. The molecule has 0 aromatic rings. The predicted molar refractivity (Wildman–Crippen MR) is 64.8 cm³/mol. The minimum absolute atomic E-state index is 0.0488. The van der Waals surface area contributed by atoms with Gasteiger partial charge < -0.3 is 14.9 Å². The van der Waals surface area contributed by atoms with Crippen molar-refractivity contribution in [2.45, 2.75) is 51.6 Å². The summed E-state index contributed by atoms with van der Waals surface area (Å²) in [5.74, 6) is -0.416. The number of hydrogen-bond donors (Lipinski definition) is 2. The summed E-state index contributed by atoms with van der Waals surface area (Å²) in [4.78, 5) is 11.5. The number of methoxy groups -OCH3 is 1. The van der Waals surface area contributed by atoms with Crippen LogP contribution in [0.5, 0.6) is 0 Å². The molecule has 0 saturated heterocycles. The zero-order chi connectivity index (χ0) is 13.1. The van der Waals surface area contributed by atoms with Gasteiger partial charge in [0.15, 0.2) is 0 Å².